The Morgan fingerprint density at radius 3 is 2.39 bits per heavy atom. The van der Waals surface area contributed by atoms with Gasteiger partial charge in [-0.05, 0) is 25.1 Å². The third kappa shape index (κ3) is 1.74. The lowest BCUT2D eigenvalue weighted by atomic mass is 9.84. The van der Waals surface area contributed by atoms with Crippen molar-refractivity contribution in [2.45, 2.75) is 6.92 Å². The number of Topliss-reactive ketones (excluding diaryl/α,β-unsaturated/α-hetero) is 2. The molecule has 1 aliphatic rings. The lowest BCUT2D eigenvalue weighted by Gasteiger charge is -2.17. The first-order valence-electron chi connectivity index (χ1n) is 5.48. The second-order valence-electron chi connectivity index (χ2n) is 3.88. The van der Waals surface area contributed by atoms with Gasteiger partial charge in [-0.15, -0.1) is 0 Å². The average Bonchev–Trinajstić information content (AvgIpc) is 2.36. The van der Waals surface area contributed by atoms with E-state index in [1.54, 1.807) is 19.1 Å². The monoisotopic (exact) mass is 242 g/mol. The van der Waals surface area contributed by atoms with Crippen molar-refractivity contribution < 1.29 is 14.0 Å². The van der Waals surface area contributed by atoms with E-state index in [4.69, 9.17) is 0 Å². The van der Waals surface area contributed by atoms with E-state index < -0.39 is 5.82 Å². The highest BCUT2D eigenvalue weighted by Crippen LogP contribution is 2.28. The average molecular weight is 242 g/mol. The molecule has 0 aliphatic heterocycles. The molecular formula is C15H11FO2. The molecule has 2 nitrogen and oxygen atoms in total. The van der Waals surface area contributed by atoms with E-state index in [1.165, 1.54) is 18.2 Å². The minimum atomic E-state index is -0.531. The van der Waals surface area contributed by atoms with Gasteiger partial charge in [0.2, 0.25) is 0 Å². The van der Waals surface area contributed by atoms with Gasteiger partial charge in [-0.1, -0.05) is 24.8 Å². The van der Waals surface area contributed by atoms with Crippen LogP contribution in [0.2, 0.25) is 0 Å². The van der Waals surface area contributed by atoms with Crippen LogP contribution in [0.25, 0.3) is 0 Å². The lowest BCUT2D eigenvalue weighted by molar-refractivity contribution is 0.0980. The number of hydrogen-bond acceptors (Lipinski definition) is 2. The standard InChI is InChI=1S/C15H11FO2/c1-3-5-11-10(4-2)14(17)12-7-6-9(16)8-13(12)15(11)18/h3-8H,2H2,1H3/b5-3-. The SMILES string of the molecule is C=CC1=C(/C=C\C)C(=O)c2cc(F)ccc2C1=O. The highest BCUT2D eigenvalue weighted by molar-refractivity contribution is 6.28. The van der Waals surface area contributed by atoms with Crippen LogP contribution in [0.5, 0.6) is 0 Å². The maximum Gasteiger partial charge on any atom is 0.194 e. The predicted octanol–water partition coefficient (Wildman–Crippen LogP) is 3.26. The molecule has 0 N–H and O–H groups in total. The number of allylic oxidation sites excluding steroid dienone is 5. The molecule has 0 radical (unpaired) electrons. The van der Waals surface area contributed by atoms with E-state index in [-0.39, 0.29) is 33.8 Å². The van der Waals surface area contributed by atoms with Crippen molar-refractivity contribution in [3.05, 3.63) is 71.1 Å². The van der Waals surface area contributed by atoms with Gasteiger partial charge in [-0.25, -0.2) is 4.39 Å². The quantitative estimate of drug-likeness (QED) is 0.797. The van der Waals surface area contributed by atoms with Gasteiger partial charge in [-0.3, -0.25) is 9.59 Å². The van der Waals surface area contributed by atoms with Gasteiger partial charge in [0.15, 0.2) is 11.6 Å². The summed E-state index contributed by atoms with van der Waals surface area (Å²) in [6, 6.07) is 3.60. The topological polar surface area (TPSA) is 34.1 Å². The first-order valence-corrected chi connectivity index (χ1v) is 5.48. The van der Waals surface area contributed by atoms with Crippen LogP contribution in [0.1, 0.15) is 27.6 Å². The number of benzene rings is 1. The Kier molecular flexibility index (Phi) is 3.06. The number of ketones is 2. The summed E-state index contributed by atoms with van der Waals surface area (Å²) >= 11 is 0. The van der Waals surface area contributed by atoms with Crippen LogP contribution in [0.4, 0.5) is 4.39 Å². The van der Waals surface area contributed by atoms with Crippen LogP contribution in [0.3, 0.4) is 0 Å². The molecule has 0 unspecified atom stereocenters. The molecule has 0 fully saturated rings. The van der Waals surface area contributed by atoms with Gasteiger partial charge in [0.05, 0.1) is 0 Å². The first-order chi connectivity index (χ1) is 8.60. The fraction of sp³-hybridized carbons (Fsp3) is 0.0667. The molecule has 0 spiro atoms. The molecule has 0 saturated carbocycles. The van der Waals surface area contributed by atoms with Crippen LogP contribution < -0.4 is 0 Å². The van der Waals surface area contributed by atoms with Crippen molar-refractivity contribution in [2.24, 2.45) is 0 Å². The fourth-order valence-electron chi connectivity index (χ4n) is 1.97. The minimum absolute atomic E-state index is 0.110. The number of carbonyl (C=O) groups excluding carboxylic acids is 2. The number of fused-ring (bicyclic) bond motifs is 1. The second kappa shape index (κ2) is 4.53. The third-order valence-electron chi connectivity index (χ3n) is 2.79. The highest BCUT2D eigenvalue weighted by atomic mass is 19.1. The van der Waals surface area contributed by atoms with Crippen molar-refractivity contribution in [1.82, 2.24) is 0 Å². The Bertz CT molecular complexity index is 621. The van der Waals surface area contributed by atoms with E-state index in [1.807, 2.05) is 0 Å². The van der Waals surface area contributed by atoms with Crippen molar-refractivity contribution in [2.75, 3.05) is 0 Å². The fourth-order valence-corrected chi connectivity index (χ4v) is 1.97. The Hall–Kier alpha value is -2.29. The summed E-state index contributed by atoms with van der Waals surface area (Å²) in [5, 5.41) is 0. The summed E-state index contributed by atoms with van der Waals surface area (Å²) in [7, 11) is 0. The van der Waals surface area contributed by atoms with Crippen LogP contribution in [-0.4, -0.2) is 11.6 Å². The summed E-state index contributed by atoms with van der Waals surface area (Å²) in [5.74, 6) is -1.18. The summed E-state index contributed by atoms with van der Waals surface area (Å²) < 4.78 is 13.2. The van der Waals surface area contributed by atoms with Crippen LogP contribution in [0.15, 0.2) is 54.2 Å². The second-order valence-corrected chi connectivity index (χ2v) is 3.88. The Labute approximate surface area is 104 Å². The zero-order chi connectivity index (χ0) is 13.3. The van der Waals surface area contributed by atoms with Gasteiger partial charge in [0, 0.05) is 22.3 Å². The van der Waals surface area contributed by atoms with E-state index in [0.717, 1.165) is 6.07 Å². The van der Waals surface area contributed by atoms with Crippen molar-refractivity contribution in [3.63, 3.8) is 0 Å². The molecule has 3 heteroatoms. The summed E-state index contributed by atoms with van der Waals surface area (Å²) in [6.07, 6.45) is 4.57. The number of halogens is 1. The number of rotatable bonds is 2. The minimum Gasteiger partial charge on any atom is -0.289 e. The molecule has 0 bridgehead atoms. The van der Waals surface area contributed by atoms with Crippen LogP contribution in [-0.2, 0) is 0 Å². The number of carbonyl (C=O) groups is 2. The van der Waals surface area contributed by atoms with Gasteiger partial charge < -0.3 is 0 Å². The smallest absolute Gasteiger partial charge is 0.194 e. The lowest BCUT2D eigenvalue weighted by Crippen LogP contribution is -2.20. The molecule has 0 amide bonds. The third-order valence-corrected chi connectivity index (χ3v) is 2.79. The summed E-state index contributed by atoms with van der Waals surface area (Å²) in [5.41, 5.74) is 0.857. The van der Waals surface area contributed by atoms with Crippen LogP contribution >= 0.6 is 0 Å². The van der Waals surface area contributed by atoms with E-state index in [0.29, 0.717) is 0 Å². The maximum absolute atomic E-state index is 13.2. The van der Waals surface area contributed by atoms with E-state index in [9.17, 15) is 14.0 Å². The molecule has 0 saturated heterocycles. The van der Waals surface area contributed by atoms with Gasteiger partial charge in [0.1, 0.15) is 5.82 Å². The molecule has 1 aromatic rings. The zero-order valence-corrected chi connectivity index (χ0v) is 9.87. The molecule has 0 atom stereocenters. The molecule has 1 aliphatic carbocycles. The van der Waals surface area contributed by atoms with Crippen LogP contribution in [0, 0.1) is 5.82 Å². The highest BCUT2D eigenvalue weighted by Gasteiger charge is 2.29. The first kappa shape index (κ1) is 12.2. The van der Waals surface area contributed by atoms with Gasteiger partial charge in [-0.2, -0.15) is 0 Å². The Balaban J connectivity index is 2.74. The Morgan fingerprint density at radius 1 is 1.11 bits per heavy atom. The molecule has 0 heterocycles. The van der Waals surface area contributed by atoms with E-state index >= 15 is 0 Å². The summed E-state index contributed by atoms with van der Waals surface area (Å²) in [4.78, 5) is 24.4. The van der Waals surface area contributed by atoms with Crippen molar-refractivity contribution in [1.29, 1.82) is 0 Å². The van der Waals surface area contributed by atoms with Gasteiger partial charge >= 0.3 is 0 Å². The normalized spacial score (nSPS) is 15.2. The molecule has 90 valence electrons. The molecule has 2 rings (SSSR count). The summed E-state index contributed by atoms with van der Waals surface area (Å²) in [6.45, 7) is 5.30. The zero-order valence-electron chi connectivity index (χ0n) is 9.87. The molecule has 1 aromatic carbocycles. The van der Waals surface area contributed by atoms with Crippen molar-refractivity contribution >= 4 is 11.6 Å². The van der Waals surface area contributed by atoms with E-state index in [2.05, 4.69) is 6.58 Å². The molecule has 0 aromatic heterocycles. The molecule has 18 heavy (non-hydrogen) atoms. The maximum atomic E-state index is 13.2. The Morgan fingerprint density at radius 2 is 1.78 bits per heavy atom. The van der Waals surface area contributed by atoms with Gasteiger partial charge in [0.25, 0.3) is 0 Å². The largest absolute Gasteiger partial charge is 0.289 e. The number of hydrogen-bond donors (Lipinski definition) is 0. The predicted molar refractivity (Wildman–Crippen MR) is 67.1 cm³/mol. The van der Waals surface area contributed by atoms with Crippen molar-refractivity contribution in [3.8, 4) is 0 Å². The molecular weight excluding hydrogens is 231 g/mol.